The monoisotopic (exact) mass is 431 g/mol. The van der Waals surface area contributed by atoms with Gasteiger partial charge in [-0.3, -0.25) is 9.59 Å². The summed E-state index contributed by atoms with van der Waals surface area (Å²) in [6.07, 6.45) is 0.799. The molecule has 30 heavy (non-hydrogen) atoms. The number of hydrogen-bond donors (Lipinski definition) is 0. The molecule has 0 bridgehead atoms. The molecule has 160 valence electrons. The van der Waals surface area contributed by atoms with Crippen LogP contribution in [0.5, 0.6) is 11.5 Å². The fraction of sp³-hybridized carbons (Fsp3) is 0.364. The molecule has 3 rings (SSSR count). The van der Waals surface area contributed by atoms with Gasteiger partial charge in [-0.2, -0.15) is 0 Å². The number of methoxy groups -OCH3 is 1. The van der Waals surface area contributed by atoms with Crippen molar-refractivity contribution in [2.75, 3.05) is 30.1 Å². The van der Waals surface area contributed by atoms with Gasteiger partial charge in [-0.15, -0.1) is 0 Å². The molecular weight excluding hydrogens is 406 g/mol. The molecule has 0 unspecified atom stereocenters. The van der Waals surface area contributed by atoms with Gasteiger partial charge in [0.1, 0.15) is 11.5 Å². The molecule has 0 aliphatic carbocycles. The summed E-state index contributed by atoms with van der Waals surface area (Å²) in [7, 11) is -1.62. The number of sulfone groups is 1. The van der Waals surface area contributed by atoms with Crippen LogP contribution >= 0.6 is 0 Å². The first-order chi connectivity index (χ1) is 14.3. The van der Waals surface area contributed by atoms with Crippen molar-refractivity contribution in [1.82, 2.24) is 0 Å². The van der Waals surface area contributed by atoms with Gasteiger partial charge in [0.15, 0.2) is 22.2 Å². The van der Waals surface area contributed by atoms with Crippen molar-refractivity contribution in [1.29, 1.82) is 0 Å². The molecular formula is C22H25NO6S. The molecule has 1 amide bonds. The summed E-state index contributed by atoms with van der Waals surface area (Å²) < 4.78 is 34.7. The van der Waals surface area contributed by atoms with Gasteiger partial charge in [-0.25, -0.2) is 8.42 Å². The Hall–Kier alpha value is -2.87. The second-order valence-corrected chi connectivity index (χ2v) is 9.34. The maximum atomic E-state index is 13.0. The van der Waals surface area contributed by atoms with Crippen LogP contribution in [0.15, 0.2) is 48.5 Å². The Bertz CT molecular complexity index is 999. The first-order valence-corrected chi connectivity index (χ1v) is 11.6. The van der Waals surface area contributed by atoms with Gasteiger partial charge in [0.05, 0.1) is 24.7 Å². The number of benzene rings is 2. The van der Waals surface area contributed by atoms with Crippen LogP contribution in [0, 0.1) is 0 Å². The van der Waals surface area contributed by atoms with Crippen molar-refractivity contribution in [3.63, 3.8) is 0 Å². The molecule has 8 heteroatoms. The molecule has 1 aliphatic heterocycles. The van der Waals surface area contributed by atoms with E-state index in [0.29, 0.717) is 35.6 Å². The maximum Gasteiger partial charge on any atom is 0.265 e. The topological polar surface area (TPSA) is 90.0 Å². The molecule has 7 nitrogen and oxygen atoms in total. The number of ether oxygens (including phenoxy) is 2. The molecule has 1 heterocycles. The number of carbonyl (C=O) groups is 2. The van der Waals surface area contributed by atoms with Gasteiger partial charge in [-0.1, -0.05) is 6.92 Å². The van der Waals surface area contributed by atoms with E-state index in [0.717, 1.165) is 0 Å². The highest BCUT2D eigenvalue weighted by molar-refractivity contribution is 7.91. The minimum atomic E-state index is -3.17. The van der Waals surface area contributed by atoms with Gasteiger partial charge in [0.2, 0.25) is 0 Å². The smallest absolute Gasteiger partial charge is 0.265 e. The Morgan fingerprint density at radius 1 is 1.03 bits per heavy atom. The molecule has 0 radical (unpaired) electrons. The zero-order chi connectivity index (χ0) is 21.7. The van der Waals surface area contributed by atoms with Crippen LogP contribution in [0.25, 0.3) is 0 Å². The second kappa shape index (κ2) is 9.30. The number of hydrogen-bond acceptors (Lipinski definition) is 6. The molecule has 1 aliphatic rings. The Morgan fingerprint density at radius 3 is 2.20 bits per heavy atom. The minimum absolute atomic E-state index is 0.0331. The van der Waals surface area contributed by atoms with Crippen molar-refractivity contribution in [2.24, 2.45) is 0 Å². The van der Waals surface area contributed by atoms with Crippen LogP contribution in [0.1, 0.15) is 30.1 Å². The average molecular weight is 432 g/mol. The van der Waals surface area contributed by atoms with E-state index in [-0.39, 0.29) is 29.8 Å². The van der Waals surface area contributed by atoms with Crippen molar-refractivity contribution < 1.29 is 27.5 Å². The van der Waals surface area contributed by atoms with Crippen molar-refractivity contribution in [2.45, 2.75) is 25.8 Å². The van der Waals surface area contributed by atoms with E-state index in [1.165, 1.54) is 4.90 Å². The summed E-state index contributed by atoms with van der Waals surface area (Å²) in [4.78, 5) is 26.2. The lowest BCUT2D eigenvalue weighted by Gasteiger charge is -2.28. The lowest BCUT2D eigenvalue weighted by Crippen LogP contribution is -2.43. The second-order valence-electron chi connectivity index (χ2n) is 7.11. The Labute approximate surface area is 176 Å². The van der Waals surface area contributed by atoms with Crippen LogP contribution in [0.2, 0.25) is 0 Å². The van der Waals surface area contributed by atoms with Crippen LogP contribution in [-0.2, 0) is 14.6 Å². The highest BCUT2D eigenvalue weighted by Crippen LogP contribution is 2.27. The van der Waals surface area contributed by atoms with E-state index < -0.39 is 15.9 Å². The average Bonchev–Trinajstić information content (AvgIpc) is 3.11. The van der Waals surface area contributed by atoms with E-state index in [1.807, 2.05) is 0 Å². The third-order valence-electron chi connectivity index (χ3n) is 5.05. The zero-order valence-corrected chi connectivity index (χ0v) is 17.9. The van der Waals surface area contributed by atoms with Gasteiger partial charge in [0, 0.05) is 17.7 Å². The van der Waals surface area contributed by atoms with Gasteiger partial charge in [-0.05, 0) is 55.0 Å². The van der Waals surface area contributed by atoms with E-state index in [2.05, 4.69) is 0 Å². The fourth-order valence-corrected chi connectivity index (χ4v) is 5.14. The molecule has 2 aromatic carbocycles. The summed E-state index contributed by atoms with van der Waals surface area (Å²) in [5.41, 5.74) is 1.18. The summed E-state index contributed by atoms with van der Waals surface area (Å²) in [5, 5.41) is 0. The van der Waals surface area contributed by atoms with Crippen molar-refractivity contribution >= 4 is 27.2 Å². The largest absolute Gasteiger partial charge is 0.497 e. The van der Waals surface area contributed by atoms with Crippen LogP contribution in [-0.4, -0.2) is 51.4 Å². The quantitative estimate of drug-likeness (QED) is 0.597. The summed E-state index contributed by atoms with van der Waals surface area (Å²) in [6, 6.07) is 13.1. The number of Topliss-reactive ketones (excluding diaryl/α,β-unsaturated/α-hetero) is 1. The minimum Gasteiger partial charge on any atom is -0.497 e. The van der Waals surface area contributed by atoms with Crippen molar-refractivity contribution in [3.8, 4) is 11.5 Å². The highest BCUT2D eigenvalue weighted by Gasteiger charge is 2.35. The standard InChI is InChI=1S/C22H25NO6S/c1-3-21(24)16-4-8-20(9-5-16)29-14-22(25)23(18-12-13-30(26,27)15-18)17-6-10-19(28-2)11-7-17/h4-11,18H,3,12-15H2,1-2H3/t18-/m1/s1. The van der Waals surface area contributed by atoms with Crippen LogP contribution < -0.4 is 14.4 Å². The molecule has 0 saturated carbocycles. The highest BCUT2D eigenvalue weighted by atomic mass is 32.2. The van der Waals surface area contributed by atoms with Crippen LogP contribution in [0.3, 0.4) is 0 Å². The van der Waals surface area contributed by atoms with E-state index in [9.17, 15) is 18.0 Å². The lowest BCUT2D eigenvalue weighted by atomic mass is 10.1. The van der Waals surface area contributed by atoms with Gasteiger partial charge < -0.3 is 14.4 Å². The number of amides is 1. The van der Waals surface area contributed by atoms with Crippen molar-refractivity contribution in [3.05, 3.63) is 54.1 Å². The number of ketones is 1. The molecule has 0 N–H and O–H groups in total. The molecule has 0 aromatic heterocycles. The first kappa shape index (κ1) is 21.8. The lowest BCUT2D eigenvalue weighted by molar-refractivity contribution is -0.121. The molecule has 2 aromatic rings. The third-order valence-corrected chi connectivity index (χ3v) is 6.80. The number of carbonyl (C=O) groups excluding carboxylic acids is 2. The maximum absolute atomic E-state index is 13.0. The predicted octanol–water partition coefficient (Wildman–Crippen LogP) is 2.89. The van der Waals surface area contributed by atoms with E-state index in [1.54, 1.807) is 62.6 Å². The SMILES string of the molecule is CCC(=O)c1ccc(OCC(=O)N(c2ccc(OC)cc2)[C@@H]2CCS(=O)(=O)C2)cc1. The summed E-state index contributed by atoms with van der Waals surface area (Å²) in [6.45, 7) is 1.55. The van der Waals surface area contributed by atoms with Gasteiger partial charge >= 0.3 is 0 Å². The molecule has 1 atom stereocenters. The third kappa shape index (κ3) is 5.18. The fourth-order valence-electron chi connectivity index (χ4n) is 3.44. The van der Waals surface area contributed by atoms with Gasteiger partial charge in [0.25, 0.3) is 5.91 Å². The normalized spacial score (nSPS) is 17.3. The molecule has 0 spiro atoms. The summed E-state index contributed by atoms with van der Waals surface area (Å²) >= 11 is 0. The molecule has 1 fully saturated rings. The predicted molar refractivity (Wildman–Crippen MR) is 114 cm³/mol. The Morgan fingerprint density at radius 2 is 1.67 bits per heavy atom. The summed E-state index contributed by atoms with van der Waals surface area (Å²) in [5.74, 6) is 0.791. The zero-order valence-electron chi connectivity index (χ0n) is 17.0. The Balaban J connectivity index is 1.75. The molecule has 1 saturated heterocycles. The first-order valence-electron chi connectivity index (χ1n) is 9.75. The number of anilines is 1. The Kier molecular flexibility index (Phi) is 6.77. The van der Waals surface area contributed by atoms with E-state index >= 15 is 0 Å². The van der Waals surface area contributed by atoms with E-state index in [4.69, 9.17) is 9.47 Å². The number of rotatable bonds is 8. The van der Waals surface area contributed by atoms with Crippen LogP contribution in [0.4, 0.5) is 5.69 Å². The number of nitrogens with zero attached hydrogens (tertiary/aromatic N) is 1.